The summed E-state index contributed by atoms with van der Waals surface area (Å²) in [6.45, 7) is 2.76. The van der Waals surface area contributed by atoms with Crippen molar-refractivity contribution in [3.05, 3.63) is 47.9 Å². The molecule has 0 fully saturated rings. The lowest BCUT2D eigenvalue weighted by Crippen LogP contribution is -3.11. The summed E-state index contributed by atoms with van der Waals surface area (Å²) in [5.74, 6) is 1.43. The van der Waals surface area contributed by atoms with E-state index in [4.69, 9.17) is 4.42 Å². The lowest BCUT2D eigenvalue weighted by atomic mass is 10.3. The summed E-state index contributed by atoms with van der Waals surface area (Å²) in [5, 5.41) is 2.92. The Morgan fingerprint density at radius 2 is 1.92 bits per heavy atom. The molecule has 1 aromatic carbocycles. The van der Waals surface area contributed by atoms with Crippen molar-refractivity contribution in [1.82, 2.24) is 4.90 Å². The second kappa shape index (κ2) is 9.45. The van der Waals surface area contributed by atoms with Crippen LogP contribution in [0.5, 0.6) is 0 Å². The number of aryl methyl sites for hydroxylation is 1. The van der Waals surface area contributed by atoms with E-state index in [2.05, 4.69) is 5.32 Å². The summed E-state index contributed by atoms with van der Waals surface area (Å²) in [4.78, 5) is 28.0. The van der Waals surface area contributed by atoms with Gasteiger partial charge in [-0.05, 0) is 37.4 Å². The van der Waals surface area contributed by atoms with Crippen molar-refractivity contribution >= 4 is 29.3 Å². The first-order chi connectivity index (χ1) is 12.4. The summed E-state index contributed by atoms with van der Waals surface area (Å²) in [5.41, 5.74) is 0.800. The molecule has 2 amide bonds. The number of furan rings is 1. The van der Waals surface area contributed by atoms with Crippen molar-refractivity contribution < 1.29 is 18.9 Å². The number of nitrogens with one attached hydrogen (secondary N) is 2. The van der Waals surface area contributed by atoms with Crippen LogP contribution in [-0.2, 0) is 16.1 Å². The number of likely N-dealkylation sites (N-methyl/N-ethyl adjacent to an activating group) is 2. The monoisotopic (exact) mass is 376 g/mol. The summed E-state index contributed by atoms with van der Waals surface area (Å²) in [7, 11) is 3.57. The highest BCUT2D eigenvalue weighted by atomic mass is 32.2. The number of para-hydroxylation sites is 1. The van der Waals surface area contributed by atoms with Crippen LogP contribution >= 0.6 is 11.8 Å². The van der Waals surface area contributed by atoms with Crippen molar-refractivity contribution in [2.75, 3.05) is 38.8 Å². The zero-order valence-electron chi connectivity index (χ0n) is 15.7. The minimum atomic E-state index is -0.110. The standard InChI is InChI=1S/C19H25N3O3S/c1-14-9-10-15(25-14)11-22(3)19(24)13-21(2)12-18(23)20-16-7-5-6-8-17(16)26-4/h5-10H,11-13H2,1-4H3,(H,20,23)/p+1. The van der Waals surface area contributed by atoms with Crippen LogP contribution in [0.4, 0.5) is 5.69 Å². The quantitative estimate of drug-likeness (QED) is 0.684. The number of quaternary nitrogens is 1. The van der Waals surface area contributed by atoms with E-state index in [0.29, 0.717) is 6.54 Å². The molecule has 0 saturated heterocycles. The van der Waals surface area contributed by atoms with E-state index in [0.717, 1.165) is 27.0 Å². The molecule has 2 rings (SSSR count). The normalized spacial score (nSPS) is 11.8. The highest BCUT2D eigenvalue weighted by Gasteiger charge is 2.18. The van der Waals surface area contributed by atoms with Gasteiger partial charge in [-0.15, -0.1) is 11.8 Å². The number of hydrogen-bond acceptors (Lipinski definition) is 4. The number of rotatable bonds is 8. The van der Waals surface area contributed by atoms with Gasteiger partial charge in [0.05, 0.1) is 19.3 Å². The van der Waals surface area contributed by atoms with E-state index >= 15 is 0 Å². The van der Waals surface area contributed by atoms with Crippen molar-refractivity contribution in [3.63, 3.8) is 0 Å². The van der Waals surface area contributed by atoms with Gasteiger partial charge in [0.2, 0.25) is 0 Å². The maximum Gasteiger partial charge on any atom is 0.279 e. The molecule has 0 aliphatic heterocycles. The Morgan fingerprint density at radius 3 is 2.58 bits per heavy atom. The van der Waals surface area contributed by atoms with E-state index in [-0.39, 0.29) is 24.9 Å². The second-order valence-electron chi connectivity index (χ2n) is 6.32. The molecule has 0 radical (unpaired) electrons. The maximum atomic E-state index is 12.3. The average Bonchev–Trinajstić information content (AvgIpc) is 2.99. The van der Waals surface area contributed by atoms with Crippen LogP contribution in [0.15, 0.2) is 45.7 Å². The van der Waals surface area contributed by atoms with Gasteiger partial charge in [-0.2, -0.15) is 0 Å². The van der Waals surface area contributed by atoms with E-state index in [1.165, 1.54) is 0 Å². The molecule has 7 heteroatoms. The fourth-order valence-corrected chi connectivity index (χ4v) is 3.12. The topological polar surface area (TPSA) is 67.0 Å². The third kappa shape index (κ3) is 5.93. The molecular weight excluding hydrogens is 350 g/mol. The highest BCUT2D eigenvalue weighted by molar-refractivity contribution is 7.98. The Bertz CT molecular complexity index is 760. The van der Waals surface area contributed by atoms with Gasteiger partial charge in [0.25, 0.3) is 11.8 Å². The Kier molecular flexibility index (Phi) is 7.29. The first-order valence-electron chi connectivity index (χ1n) is 8.42. The van der Waals surface area contributed by atoms with E-state index < -0.39 is 0 Å². The number of carbonyl (C=O) groups excluding carboxylic acids is 2. The molecule has 2 aromatic rings. The van der Waals surface area contributed by atoms with Gasteiger partial charge in [-0.3, -0.25) is 9.59 Å². The van der Waals surface area contributed by atoms with Gasteiger partial charge >= 0.3 is 0 Å². The SMILES string of the molecule is CSc1ccccc1NC(=O)C[NH+](C)CC(=O)N(C)Cc1ccc(C)o1. The van der Waals surface area contributed by atoms with Crippen LogP contribution < -0.4 is 10.2 Å². The van der Waals surface area contributed by atoms with E-state index in [1.54, 1.807) is 23.7 Å². The predicted octanol–water partition coefficient (Wildman–Crippen LogP) is 1.42. The van der Waals surface area contributed by atoms with Crippen molar-refractivity contribution in [1.29, 1.82) is 0 Å². The van der Waals surface area contributed by atoms with Gasteiger partial charge in [-0.1, -0.05) is 12.1 Å². The third-order valence-corrected chi connectivity index (χ3v) is 4.71. The first kappa shape index (κ1) is 20.1. The van der Waals surface area contributed by atoms with Crippen LogP contribution in [-0.4, -0.2) is 50.2 Å². The molecule has 0 aliphatic rings. The Balaban J connectivity index is 1.82. The molecular formula is C19H26N3O3S+. The van der Waals surface area contributed by atoms with Crippen molar-refractivity contribution in [2.24, 2.45) is 0 Å². The molecule has 1 heterocycles. The molecule has 1 aromatic heterocycles. The number of carbonyl (C=O) groups is 2. The van der Waals surface area contributed by atoms with Crippen LogP contribution in [0.25, 0.3) is 0 Å². The Labute approximate surface area is 158 Å². The minimum absolute atomic E-state index is 0.0335. The number of benzene rings is 1. The van der Waals surface area contributed by atoms with Crippen LogP contribution in [0.2, 0.25) is 0 Å². The van der Waals surface area contributed by atoms with Gasteiger partial charge in [0, 0.05) is 11.9 Å². The van der Waals surface area contributed by atoms with Crippen LogP contribution in [0.3, 0.4) is 0 Å². The van der Waals surface area contributed by atoms with Crippen LogP contribution in [0, 0.1) is 6.92 Å². The van der Waals surface area contributed by atoms with Gasteiger partial charge in [0.1, 0.15) is 11.5 Å². The Morgan fingerprint density at radius 1 is 1.19 bits per heavy atom. The molecule has 1 atom stereocenters. The molecule has 0 aliphatic carbocycles. The summed E-state index contributed by atoms with van der Waals surface area (Å²) in [6, 6.07) is 11.4. The lowest BCUT2D eigenvalue weighted by Gasteiger charge is -2.19. The molecule has 0 bridgehead atoms. The zero-order valence-corrected chi connectivity index (χ0v) is 16.5. The van der Waals surface area contributed by atoms with Gasteiger partial charge in [-0.25, -0.2) is 0 Å². The second-order valence-corrected chi connectivity index (χ2v) is 7.17. The van der Waals surface area contributed by atoms with Gasteiger partial charge < -0.3 is 19.5 Å². The fraction of sp³-hybridized carbons (Fsp3) is 0.368. The van der Waals surface area contributed by atoms with Gasteiger partial charge in [0.15, 0.2) is 13.1 Å². The average molecular weight is 377 g/mol. The van der Waals surface area contributed by atoms with E-state index in [9.17, 15) is 9.59 Å². The molecule has 26 heavy (non-hydrogen) atoms. The van der Waals surface area contributed by atoms with Crippen molar-refractivity contribution in [3.8, 4) is 0 Å². The van der Waals surface area contributed by atoms with Crippen LogP contribution in [0.1, 0.15) is 11.5 Å². The number of amides is 2. The molecule has 0 saturated carbocycles. The minimum Gasteiger partial charge on any atom is -0.464 e. The highest BCUT2D eigenvalue weighted by Crippen LogP contribution is 2.24. The number of hydrogen-bond donors (Lipinski definition) is 2. The first-order valence-corrected chi connectivity index (χ1v) is 9.65. The maximum absolute atomic E-state index is 12.3. The summed E-state index contributed by atoms with van der Waals surface area (Å²) < 4.78 is 5.50. The molecule has 140 valence electrons. The lowest BCUT2D eigenvalue weighted by molar-refractivity contribution is -0.862. The molecule has 6 nitrogen and oxygen atoms in total. The number of nitrogens with zero attached hydrogens (tertiary/aromatic N) is 1. The third-order valence-electron chi connectivity index (χ3n) is 3.91. The summed E-state index contributed by atoms with van der Waals surface area (Å²) >= 11 is 1.58. The van der Waals surface area contributed by atoms with Crippen molar-refractivity contribution in [2.45, 2.75) is 18.4 Å². The molecule has 1 unspecified atom stereocenters. The summed E-state index contributed by atoms with van der Waals surface area (Å²) in [6.07, 6.45) is 1.97. The largest absolute Gasteiger partial charge is 0.464 e. The van der Waals surface area contributed by atoms with E-state index in [1.807, 2.05) is 56.6 Å². The Hall–Kier alpha value is -2.25. The molecule has 0 spiro atoms. The number of anilines is 1. The number of thioether (sulfide) groups is 1. The molecule has 2 N–H and O–H groups in total. The fourth-order valence-electron chi connectivity index (χ4n) is 2.56. The smallest absolute Gasteiger partial charge is 0.279 e. The zero-order chi connectivity index (χ0) is 19.1. The predicted molar refractivity (Wildman–Crippen MR) is 103 cm³/mol.